The summed E-state index contributed by atoms with van der Waals surface area (Å²) < 4.78 is 3.20. The standard InChI is InChI=1S/C12H15IN2O/c1-6(2)15-10(5-11(13)14-15)12-8-3-7(16)4-9(8)12/h5-6,8-9,12H,3-4H2,1-2H3/t8-,9+,12-. The molecule has 2 fully saturated rings. The third kappa shape index (κ3) is 1.53. The van der Waals surface area contributed by atoms with Gasteiger partial charge in [-0.2, -0.15) is 5.10 Å². The third-order valence-electron chi connectivity index (χ3n) is 3.82. The van der Waals surface area contributed by atoms with Gasteiger partial charge >= 0.3 is 0 Å². The molecule has 3 rings (SSSR count). The Morgan fingerprint density at radius 2 is 2.06 bits per heavy atom. The molecule has 0 radical (unpaired) electrons. The maximum absolute atomic E-state index is 11.3. The summed E-state index contributed by atoms with van der Waals surface area (Å²) in [4.78, 5) is 11.3. The normalized spacial score (nSPS) is 32.2. The van der Waals surface area contributed by atoms with Crippen LogP contribution in [-0.4, -0.2) is 15.6 Å². The first-order valence-electron chi connectivity index (χ1n) is 5.84. The van der Waals surface area contributed by atoms with Crippen LogP contribution in [0, 0.1) is 15.5 Å². The summed E-state index contributed by atoms with van der Waals surface area (Å²) in [6.45, 7) is 4.33. The summed E-state index contributed by atoms with van der Waals surface area (Å²) in [6.07, 6.45) is 1.60. The van der Waals surface area contributed by atoms with Crippen molar-refractivity contribution in [2.75, 3.05) is 0 Å². The van der Waals surface area contributed by atoms with E-state index in [9.17, 15) is 4.79 Å². The van der Waals surface area contributed by atoms with Crippen molar-refractivity contribution in [1.82, 2.24) is 9.78 Å². The summed E-state index contributed by atoms with van der Waals surface area (Å²) in [7, 11) is 0. The molecule has 16 heavy (non-hydrogen) atoms. The minimum atomic E-state index is 0.413. The average molecular weight is 330 g/mol. The number of carbonyl (C=O) groups excluding carboxylic acids is 1. The molecule has 1 aromatic rings. The largest absolute Gasteiger partial charge is 0.300 e. The lowest BCUT2D eigenvalue weighted by Crippen LogP contribution is -2.09. The second-order valence-electron chi connectivity index (χ2n) is 5.23. The molecule has 0 N–H and O–H groups in total. The van der Waals surface area contributed by atoms with Crippen LogP contribution >= 0.6 is 22.6 Å². The number of rotatable bonds is 2. The lowest BCUT2D eigenvalue weighted by atomic mass is 10.1. The summed E-state index contributed by atoms with van der Waals surface area (Å²) in [5, 5.41) is 4.54. The fourth-order valence-corrected chi connectivity index (χ4v) is 3.64. The van der Waals surface area contributed by atoms with Gasteiger partial charge in [0.2, 0.25) is 0 Å². The number of carbonyl (C=O) groups is 1. The minimum Gasteiger partial charge on any atom is -0.300 e. The van der Waals surface area contributed by atoms with Gasteiger partial charge in [-0.25, -0.2) is 0 Å². The molecule has 3 nitrogen and oxygen atoms in total. The molecule has 1 heterocycles. The number of nitrogens with zero attached hydrogens (tertiary/aromatic N) is 2. The number of fused-ring (bicyclic) bond motifs is 1. The van der Waals surface area contributed by atoms with E-state index in [2.05, 4.69) is 52.3 Å². The zero-order valence-corrected chi connectivity index (χ0v) is 11.6. The first-order valence-corrected chi connectivity index (χ1v) is 6.92. The van der Waals surface area contributed by atoms with Gasteiger partial charge in [-0.15, -0.1) is 0 Å². The summed E-state index contributed by atoms with van der Waals surface area (Å²) in [5.74, 6) is 2.31. The van der Waals surface area contributed by atoms with Crippen LogP contribution in [0.3, 0.4) is 0 Å². The predicted octanol–water partition coefficient (Wildman–Crippen LogP) is 2.76. The molecule has 2 aliphatic rings. The summed E-state index contributed by atoms with van der Waals surface area (Å²) >= 11 is 2.27. The lowest BCUT2D eigenvalue weighted by Gasteiger charge is -2.11. The van der Waals surface area contributed by atoms with E-state index in [0.717, 1.165) is 16.5 Å². The van der Waals surface area contributed by atoms with Crippen LogP contribution in [0.1, 0.15) is 44.3 Å². The quantitative estimate of drug-likeness (QED) is 0.782. The molecule has 86 valence electrons. The van der Waals surface area contributed by atoms with E-state index in [-0.39, 0.29) is 0 Å². The van der Waals surface area contributed by atoms with Crippen molar-refractivity contribution in [2.24, 2.45) is 11.8 Å². The summed E-state index contributed by atoms with van der Waals surface area (Å²) in [5.41, 5.74) is 1.35. The van der Waals surface area contributed by atoms with Gasteiger partial charge in [0.1, 0.15) is 9.48 Å². The van der Waals surface area contributed by atoms with Crippen LogP contribution in [0.2, 0.25) is 0 Å². The zero-order chi connectivity index (χ0) is 11.4. The van der Waals surface area contributed by atoms with E-state index >= 15 is 0 Å². The maximum atomic E-state index is 11.3. The molecule has 0 unspecified atom stereocenters. The Bertz CT molecular complexity index is 438. The number of hydrogen-bond acceptors (Lipinski definition) is 2. The Kier molecular flexibility index (Phi) is 2.38. The molecule has 0 aromatic carbocycles. The van der Waals surface area contributed by atoms with E-state index in [1.165, 1.54) is 5.69 Å². The van der Waals surface area contributed by atoms with Crippen LogP contribution in [0.25, 0.3) is 0 Å². The van der Waals surface area contributed by atoms with Crippen LogP contribution in [0.15, 0.2) is 6.07 Å². The van der Waals surface area contributed by atoms with Gasteiger partial charge in [-0.3, -0.25) is 9.48 Å². The van der Waals surface area contributed by atoms with Crippen LogP contribution < -0.4 is 0 Å². The van der Waals surface area contributed by atoms with Crippen molar-refractivity contribution < 1.29 is 4.79 Å². The number of halogens is 1. The number of Topliss-reactive ketones (excluding diaryl/α,β-unsaturated/α-hetero) is 1. The maximum Gasteiger partial charge on any atom is 0.133 e. The molecular formula is C12H15IN2O. The van der Waals surface area contributed by atoms with E-state index in [4.69, 9.17) is 0 Å². The van der Waals surface area contributed by atoms with Gasteiger partial charge < -0.3 is 0 Å². The molecule has 0 aliphatic heterocycles. The highest BCUT2D eigenvalue weighted by molar-refractivity contribution is 14.1. The molecule has 0 spiro atoms. The lowest BCUT2D eigenvalue weighted by molar-refractivity contribution is -0.118. The van der Waals surface area contributed by atoms with Gasteiger partial charge in [0, 0.05) is 30.5 Å². The molecule has 3 atom stereocenters. The zero-order valence-electron chi connectivity index (χ0n) is 9.48. The Labute approximate surface area is 109 Å². The number of ketones is 1. The average Bonchev–Trinajstić information content (AvgIpc) is 2.60. The van der Waals surface area contributed by atoms with Crippen molar-refractivity contribution in [3.63, 3.8) is 0 Å². The first kappa shape index (κ1) is 10.7. The fourth-order valence-electron chi connectivity index (χ4n) is 3.09. The molecular weight excluding hydrogens is 315 g/mol. The Morgan fingerprint density at radius 1 is 1.44 bits per heavy atom. The van der Waals surface area contributed by atoms with E-state index in [1.54, 1.807) is 0 Å². The highest BCUT2D eigenvalue weighted by Gasteiger charge is 2.57. The van der Waals surface area contributed by atoms with Gasteiger partial charge in [0.25, 0.3) is 0 Å². The Balaban J connectivity index is 1.89. The van der Waals surface area contributed by atoms with Gasteiger partial charge in [0.05, 0.1) is 0 Å². The third-order valence-corrected chi connectivity index (χ3v) is 4.35. The van der Waals surface area contributed by atoms with Crippen molar-refractivity contribution in [3.8, 4) is 0 Å². The second kappa shape index (κ2) is 3.55. The fraction of sp³-hybridized carbons (Fsp3) is 0.667. The van der Waals surface area contributed by atoms with Crippen molar-refractivity contribution in [3.05, 3.63) is 15.5 Å². The van der Waals surface area contributed by atoms with Gasteiger partial charge in [0.15, 0.2) is 0 Å². The minimum absolute atomic E-state index is 0.413. The van der Waals surface area contributed by atoms with E-state index in [0.29, 0.717) is 29.6 Å². The molecule has 1 aromatic heterocycles. The number of hydrogen-bond donors (Lipinski definition) is 0. The highest BCUT2D eigenvalue weighted by atomic mass is 127. The Hall–Kier alpha value is -0.390. The molecule has 0 amide bonds. The van der Waals surface area contributed by atoms with Crippen molar-refractivity contribution in [1.29, 1.82) is 0 Å². The van der Waals surface area contributed by atoms with E-state index < -0.39 is 0 Å². The predicted molar refractivity (Wildman–Crippen MR) is 69.3 cm³/mol. The van der Waals surface area contributed by atoms with Crippen LogP contribution in [0.5, 0.6) is 0 Å². The molecule has 0 bridgehead atoms. The monoisotopic (exact) mass is 330 g/mol. The first-order chi connectivity index (χ1) is 7.58. The van der Waals surface area contributed by atoms with Gasteiger partial charge in [-0.1, -0.05) is 0 Å². The smallest absolute Gasteiger partial charge is 0.133 e. The van der Waals surface area contributed by atoms with Crippen LogP contribution in [-0.2, 0) is 4.79 Å². The van der Waals surface area contributed by atoms with E-state index in [1.807, 2.05) is 0 Å². The Morgan fingerprint density at radius 3 is 2.62 bits per heavy atom. The molecule has 4 heteroatoms. The second-order valence-corrected chi connectivity index (χ2v) is 6.34. The van der Waals surface area contributed by atoms with Crippen molar-refractivity contribution in [2.45, 2.75) is 38.6 Å². The van der Waals surface area contributed by atoms with Gasteiger partial charge in [-0.05, 0) is 54.3 Å². The van der Waals surface area contributed by atoms with Crippen molar-refractivity contribution >= 4 is 28.4 Å². The summed E-state index contributed by atoms with van der Waals surface area (Å²) in [6, 6.07) is 2.60. The highest BCUT2D eigenvalue weighted by Crippen LogP contribution is 2.62. The molecule has 0 saturated heterocycles. The van der Waals surface area contributed by atoms with Crippen LogP contribution in [0.4, 0.5) is 0 Å². The molecule has 2 aliphatic carbocycles. The number of aromatic nitrogens is 2. The molecule has 2 saturated carbocycles. The topological polar surface area (TPSA) is 34.9 Å². The SMILES string of the molecule is CC(C)n1nc(I)cc1[C@@H]1[C@@H]2CC(=O)C[C@@H]21.